The van der Waals surface area contributed by atoms with Crippen LogP contribution in [0, 0.1) is 0 Å². The van der Waals surface area contributed by atoms with E-state index in [1.54, 1.807) is 6.20 Å². The molecule has 0 amide bonds. The van der Waals surface area contributed by atoms with Gasteiger partial charge in [-0.15, -0.1) is 0 Å². The molecular formula is C18H24N2O. The van der Waals surface area contributed by atoms with Gasteiger partial charge in [0.25, 0.3) is 0 Å². The van der Waals surface area contributed by atoms with Gasteiger partial charge in [0.05, 0.1) is 5.69 Å². The van der Waals surface area contributed by atoms with Crippen LogP contribution in [0.5, 0.6) is 11.5 Å². The smallest absolute Gasteiger partial charge is 0.130 e. The normalized spacial score (nSPS) is 11.1. The van der Waals surface area contributed by atoms with E-state index >= 15 is 0 Å². The summed E-state index contributed by atoms with van der Waals surface area (Å²) in [5.41, 5.74) is 2.21. The Morgan fingerprint density at radius 3 is 2.57 bits per heavy atom. The summed E-state index contributed by atoms with van der Waals surface area (Å²) in [5.74, 6) is 2.19. The molecular weight excluding hydrogens is 260 g/mol. The molecule has 1 aromatic heterocycles. The summed E-state index contributed by atoms with van der Waals surface area (Å²) in [5, 5.41) is 3.36. The molecule has 2 aromatic rings. The molecule has 21 heavy (non-hydrogen) atoms. The lowest BCUT2D eigenvalue weighted by Crippen LogP contribution is -2.22. The number of pyridine rings is 1. The number of benzene rings is 1. The highest BCUT2D eigenvalue weighted by molar-refractivity contribution is 5.39. The monoisotopic (exact) mass is 284 g/mol. The molecule has 0 bridgehead atoms. The Labute approximate surface area is 127 Å². The Hall–Kier alpha value is -1.87. The van der Waals surface area contributed by atoms with Crippen molar-refractivity contribution in [2.45, 2.75) is 46.2 Å². The minimum atomic E-state index is 0.435. The standard InChI is InChI=1S/C18H24N2O/c1-13(2)17-7-5-6-8-18(17)21-16-9-10-19-15(11-16)12-20-14(3)4/h5-11,13-14,20H,12H2,1-4H3. The van der Waals surface area contributed by atoms with Crippen LogP contribution in [0.1, 0.15) is 44.9 Å². The van der Waals surface area contributed by atoms with Crippen LogP contribution in [0.3, 0.4) is 0 Å². The molecule has 0 unspecified atom stereocenters. The van der Waals surface area contributed by atoms with Crippen LogP contribution in [0.4, 0.5) is 0 Å². The Kier molecular flexibility index (Phi) is 5.34. The zero-order valence-electron chi connectivity index (χ0n) is 13.3. The predicted octanol–water partition coefficient (Wildman–Crippen LogP) is 4.50. The van der Waals surface area contributed by atoms with E-state index in [2.05, 4.69) is 44.1 Å². The van der Waals surface area contributed by atoms with Gasteiger partial charge in [-0.3, -0.25) is 4.98 Å². The Morgan fingerprint density at radius 2 is 1.86 bits per heavy atom. The minimum absolute atomic E-state index is 0.435. The average Bonchev–Trinajstić information content (AvgIpc) is 2.46. The average molecular weight is 284 g/mol. The van der Waals surface area contributed by atoms with Crippen molar-refractivity contribution in [1.82, 2.24) is 10.3 Å². The Morgan fingerprint density at radius 1 is 1.10 bits per heavy atom. The molecule has 0 fully saturated rings. The highest BCUT2D eigenvalue weighted by Crippen LogP contribution is 2.30. The molecule has 112 valence electrons. The van der Waals surface area contributed by atoms with E-state index in [1.165, 1.54) is 5.56 Å². The van der Waals surface area contributed by atoms with Crippen LogP contribution in [0.2, 0.25) is 0 Å². The number of hydrogen-bond donors (Lipinski definition) is 1. The number of hydrogen-bond acceptors (Lipinski definition) is 3. The molecule has 0 saturated carbocycles. The lowest BCUT2D eigenvalue weighted by molar-refractivity contribution is 0.470. The van der Waals surface area contributed by atoms with Crippen LogP contribution in [0.15, 0.2) is 42.6 Å². The highest BCUT2D eigenvalue weighted by atomic mass is 16.5. The van der Waals surface area contributed by atoms with Crippen LogP contribution in [0.25, 0.3) is 0 Å². The van der Waals surface area contributed by atoms with E-state index in [0.29, 0.717) is 12.0 Å². The third kappa shape index (κ3) is 4.57. The molecule has 0 saturated heterocycles. The minimum Gasteiger partial charge on any atom is -0.457 e. The third-order valence-corrected chi connectivity index (χ3v) is 3.25. The van der Waals surface area contributed by atoms with Gasteiger partial charge >= 0.3 is 0 Å². The maximum atomic E-state index is 6.05. The van der Waals surface area contributed by atoms with Gasteiger partial charge in [-0.05, 0) is 23.6 Å². The van der Waals surface area contributed by atoms with E-state index in [4.69, 9.17) is 4.74 Å². The Bertz CT molecular complexity index is 579. The van der Waals surface area contributed by atoms with Gasteiger partial charge in [0, 0.05) is 24.8 Å². The van der Waals surface area contributed by atoms with Gasteiger partial charge in [-0.1, -0.05) is 45.9 Å². The van der Waals surface area contributed by atoms with Crippen molar-refractivity contribution in [1.29, 1.82) is 0 Å². The molecule has 2 rings (SSSR count). The van der Waals surface area contributed by atoms with Crippen molar-refractivity contribution in [3.8, 4) is 11.5 Å². The summed E-state index contributed by atoms with van der Waals surface area (Å²) in [6, 6.07) is 12.5. The van der Waals surface area contributed by atoms with Crippen LogP contribution < -0.4 is 10.1 Å². The molecule has 0 aliphatic rings. The zero-order chi connectivity index (χ0) is 15.2. The molecule has 0 radical (unpaired) electrons. The quantitative estimate of drug-likeness (QED) is 0.848. The second kappa shape index (κ2) is 7.23. The van der Waals surface area contributed by atoms with Crippen molar-refractivity contribution >= 4 is 0 Å². The van der Waals surface area contributed by atoms with Crippen LogP contribution in [-0.2, 0) is 6.54 Å². The number of nitrogens with zero attached hydrogens (tertiary/aromatic N) is 1. The van der Waals surface area contributed by atoms with Gasteiger partial charge in [0.15, 0.2) is 0 Å². The third-order valence-electron chi connectivity index (χ3n) is 3.25. The summed E-state index contributed by atoms with van der Waals surface area (Å²) in [7, 11) is 0. The fraction of sp³-hybridized carbons (Fsp3) is 0.389. The maximum absolute atomic E-state index is 6.05. The SMILES string of the molecule is CC(C)NCc1cc(Oc2ccccc2C(C)C)ccn1. The van der Waals surface area contributed by atoms with Gasteiger partial charge in [0.2, 0.25) is 0 Å². The number of rotatable bonds is 6. The predicted molar refractivity (Wildman–Crippen MR) is 86.8 cm³/mol. The first-order valence-corrected chi connectivity index (χ1v) is 7.51. The first kappa shape index (κ1) is 15.5. The fourth-order valence-corrected chi connectivity index (χ4v) is 2.10. The van der Waals surface area contributed by atoms with Crippen LogP contribution in [-0.4, -0.2) is 11.0 Å². The lowest BCUT2D eigenvalue weighted by Gasteiger charge is -2.14. The van der Waals surface area contributed by atoms with Crippen molar-refractivity contribution in [3.63, 3.8) is 0 Å². The molecule has 0 spiro atoms. The maximum Gasteiger partial charge on any atom is 0.130 e. The number of aromatic nitrogens is 1. The lowest BCUT2D eigenvalue weighted by atomic mass is 10.0. The first-order chi connectivity index (χ1) is 10.1. The molecule has 3 nitrogen and oxygen atoms in total. The number of ether oxygens (including phenoxy) is 1. The molecule has 0 atom stereocenters. The fourth-order valence-electron chi connectivity index (χ4n) is 2.10. The zero-order valence-corrected chi connectivity index (χ0v) is 13.3. The topological polar surface area (TPSA) is 34.1 Å². The summed E-state index contributed by atoms with van der Waals surface area (Å²) >= 11 is 0. The van der Waals surface area contributed by atoms with Gasteiger partial charge in [-0.25, -0.2) is 0 Å². The first-order valence-electron chi connectivity index (χ1n) is 7.51. The van der Waals surface area contributed by atoms with Crippen molar-refractivity contribution in [3.05, 3.63) is 53.9 Å². The molecule has 1 N–H and O–H groups in total. The van der Waals surface area contributed by atoms with E-state index in [0.717, 1.165) is 23.7 Å². The van der Waals surface area contributed by atoms with E-state index in [1.807, 2.05) is 30.3 Å². The molecule has 0 aliphatic carbocycles. The highest BCUT2D eigenvalue weighted by Gasteiger charge is 2.08. The van der Waals surface area contributed by atoms with Crippen molar-refractivity contribution in [2.24, 2.45) is 0 Å². The van der Waals surface area contributed by atoms with Crippen molar-refractivity contribution in [2.75, 3.05) is 0 Å². The second-order valence-corrected chi connectivity index (χ2v) is 5.81. The van der Waals surface area contributed by atoms with Gasteiger partial charge in [-0.2, -0.15) is 0 Å². The van der Waals surface area contributed by atoms with Gasteiger partial charge in [0.1, 0.15) is 11.5 Å². The summed E-state index contributed by atoms with van der Waals surface area (Å²) < 4.78 is 6.05. The molecule has 0 aliphatic heterocycles. The molecule has 1 heterocycles. The molecule has 3 heteroatoms. The second-order valence-electron chi connectivity index (χ2n) is 5.81. The van der Waals surface area contributed by atoms with Gasteiger partial charge < -0.3 is 10.1 Å². The van der Waals surface area contributed by atoms with E-state index in [9.17, 15) is 0 Å². The van der Waals surface area contributed by atoms with Crippen molar-refractivity contribution < 1.29 is 4.74 Å². The summed E-state index contributed by atoms with van der Waals surface area (Å²) in [6.07, 6.45) is 1.80. The van der Waals surface area contributed by atoms with Crippen LogP contribution >= 0.6 is 0 Å². The number of nitrogens with one attached hydrogen (secondary N) is 1. The summed E-state index contributed by atoms with van der Waals surface area (Å²) in [4.78, 5) is 4.37. The van der Waals surface area contributed by atoms with E-state index in [-0.39, 0.29) is 0 Å². The Balaban J connectivity index is 2.15. The summed E-state index contributed by atoms with van der Waals surface area (Å²) in [6.45, 7) is 9.35. The largest absolute Gasteiger partial charge is 0.457 e. The molecule has 1 aromatic carbocycles. The number of para-hydroxylation sites is 1. The van der Waals surface area contributed by atoms with E-state index < -0.39 is 0 Å².